The molecule has 2 amide bonds. The fourth-order valence-corrected chi connectivity index (χ4v) is 3.16. The van der Waals surface area contributed by atoms with Crippen LogP contribution in [0.2, 0.25) is 0 Å². The molecule has 3 rings (SSSR count). The maximum Gasteiger partial charge on any atom is 0.292 e. The van der Waals surface area contributed by atoms with Crippen LogP contribution >= 0.6 is 0 Å². The van der Waals surface area contributed by atoms with Gasteiger partial charge in [-0.3, -0.25) is 9.59 Å². The lowest BCUT2D eigenvalue weighted by molar-refractivity contribution is -0.119. The molecule has 0 bridgehead atoms. The lowest BCUT2D eigenvalue weighted by atomic mass is 10.0. The number of anilines is 2. The first-order valence-corrected chi connectivity index (χ1v) is 8.48. The topological polar surface area (TPSA) is 98.4 Å². The molecule has 2 heterocycles. The van der Waals surface area contributed by atoms with Crippen molar-refractivity contribution in [3.05, 3.63) is 47.9 Å². The van der Waals surface area contributed by atoms with Gasteiger partial charge in [0.25, 0.3) is 5.91 Å². The highest BCUT2D eigenvalue weighted by molar-refractivity contribution is 6.05. The maximum absolute atomic E-state index is 12.4. The van der Waals surface area contributed by atoms with Crippen LogP contribution < -0.4 is 15.5 Å². The van der Waals surface area contributed by atoms with Gasteiger partial charge in [-0.15, -0.1) is 0 Å². The van der Waals surface area contributed by atoms with Crippen LogP contribution in [0, 0.1) is 11.3 Å². The zero-order chi connectivity index (χ0) is 18.5. The van der Waals surface area contributed by atoms with Crippen molar-refractivity contribution >= 4 is 23.2 Å². The molecule has 1 aliphatic heterocycles. The molecule has 0 atom stereocenters. The molecule has 1 aromatic heterocycles. The Hall–Kier alpha value is -3.27. The van der Waals surface area contributed by atoms with Crippen molar-refractivity contribution in [3.63, 3.8) is 0 Å². The molecule has 7 heteroatoms. The molecule has 134 valence electrons. The van der Waals surface area contributed by atoms with E-state index in [0.717, 1.165) is 31.6 Å². The van der Waals surface area contributed by atoms with Crippen molar-refractivity contribution < 1.29 is 14.0 Å². The second-order valence-corrected chi connectivity index (χ2v) is 6.21. The third kappa shape index (κ3) is 3.86. The van der Waals surface area contributed by atoms with Crippen LogP contribution in [0.5, 0.6) is 0 Å². The van der Waals surface area contributed by atoms with E-state index in [1.807, 2.05) is 30.3 Å². The number of para-hydroxylation sites is 2. The minimum absolute atomic E-state index is 0.00618. The van der Waals surface area contributed by atoms with Gasteiger partial charge in [-0.25, -0.2) is 0 Å². The molecule has 26 heavy (non-hydrogen) atoms. The largest absolute Gasteiger partial charge is 0.458 e. The fraction of sp³-hybridized carbons (Fsp3) is 0.316. The third-order valence-corrected chi connectivity index (χ3v) is 4.39. The van der Waals surface area contributed by atoms with Gasteiger partial charge < -0.3 is 20.0 Å². The zero-order valence-corrected chi connectivity index (χ0v) is 14.5. The van der Waals surface area contributed by atoms with E-state index in [0.29, 0.717) is 5.69 Å². The molecule has 7 nitrogen and oxygen atoms in total. The van der Waals surface area contributed by atoms with Crippen LogP contribution in [0.4, 0.5) is 11.4 Å². The van der Waals surface area contributed by atoms with E-state index >= 15 is 0 Å². The molecule has 0 saturated carbocycles. The quantitative estimate of drug-likeness (QED) is 0.881. The van der Waals surface area contributed by atoms with Crippen LogP contribution in [0.1, 0.15) is 35.9 Å². The third-order valence-electron chi connectivity index (χ3n) is 4.39. The van der Waals surface area contributed by atoms with Crippen LogP contribution in [0.25, 0.3) is 0 Å². The monoisotopic (exact) mass is 352 g/mol. The first-order valence-electron chi connectivity index (χ1n) is 8.48. The van der Waals surface area contributed by atoms with Gasteiger partial charge in [0.15, 0.2) is 0 Å². The number of nitrogens with one attached hydrogen (secondary N) is 2. The van der Waals surface area contributed by atoms with Crippen molar-refractivity contribution in [3.8, 4) is 6.07 Å². The molecular weight excluding hydrogens is 332 g/mol. The molecule has 2 aromatic rings. The number of nitrogens with zero attached hydrogens (tertiary/aromatic N) is 2. The van der Waals surface area contributed by atoms with E-state index in [-0.39, 0.29) is 23.3 Å². The number of furan rings is 1. The Morgan fingerprint density at radius 2 is 1.96 bits per heavy atom. The molecule has 0 spiro atoms. The molecule has 2 N–H and O–H groups in total. The summed E-state index contributed by atoms with van der Waals surface area (Å²) in [5.74, 6) is -0.457. The summed E-state index contributed by atoms with van der Waals surface area (Å²) in [6, 6.07) is 11.1. The van der Waals surface area contributed by atoms with Crippen molar-refractivity contribution in [2.24, 2.45) is 0 Å². The lowest BCUT2D eigenvalue weighted by Crippen LogP contribution is -2.44. The summed E-state index contributed by atoms with van der Waals surface area (Å²) in [4.78, 5) is 25.8. The molecule has 1 aliphatic rings. The molecule has 1 saturated heterocycles. The number of amides is 2. The van der Waals surface area contributed by atoms with E-state index in [9.17, 15) is 9.59 Å². The zero-order valence-electron chi connectivity index (χ0n) is 14.5. The van der Waals surface area contributed by atoms with Crippen molar-refractivity contribution in [1.29, 1.82) is 5.26 Å². The summed E-state index contributed by atoms with van der Waals surface area (Å²) in [6.45, 7) is 3.09. The Labute approximate surface area is 151 Å². The summed E-state index contributed by atoms with van der Waals surface area (Å²) in [5, 5.41) is 14.8. The van der Waals surface area contributed by atoms with E-state index in [1.165, 1.54) is 19.3 Å². The van der Waals surface area contributed by atoms with E-state index in [2.05, 4.69) is 15.5 Å². The molecular formula is C19H20N4O3. The second kappa shape index (κ2) is 7.74. The van der Waals surface area contributed by atoms with Crippen molar-refractivity contribution in [2.45, 2.75) is 25.8 Å². The van der Waals surface area contributed by atoms with E-state index in [1.54, 1.807) is 0 Å². The van der Waals surface area contributed by atoms with Crippen LogP contribution in [-0.4, -0.2) is 30.9 Å². The first kappa shape index (κ1) is 17.5. The second-order valence-electron chi connectivity index (χ2n) is 6.21. The normalized spacial score (nSPS) is 14.5. The van der Waals surface area contributed by atoms with Gasteiger partial charge in [0, 0.05) is 26.1 Å². The Kier molecular flexibility index (Phi) is 5.23. The summed E-state index contributed by atoms with van der Waals surface area (Å²) >= 11 is 0. The van der Waals surface area contributed by atoms with Gasteiger partial charge in [0.05, 0.1) is 17.6 Å². The molecule has 1 aromatic carbocycles. The number of piperidine rings is 1. The lowest BCUT2D eigenvalue weighted by Gasteiger charge is -2.34. The van der Waals surface area contributed by atoms with Crippen LogP contribution in [0.3, 0.4) is 0 Å². The summed E-state index contributed by atoms with van der Waals surface area (Å²) in [7, 11) is 0. The Morgan fingerprint density at radius 3 is 2.65 bits per heavy atom. The first-order chi connectivity index (χ1) is 12.6. The summed E-state index contributed by atoms with van der Waals surface area (Å²) < 4.78 is 5.14. The van der Waals surface area contributed by atoms with Gasteiger partial charge in [-0.2, -0.15) is 5.26 Å². The predicted molar refractivity (Wildman–Crippen MR) is 96.9 cm³/mol. The number of rotatable bonds is 4. The molecule has 0 radical (unpaired) electrons. The minimum atomic E-state index is -0.452. The number of carbonyl (C=O) groups excluding carboxylic acids is 2. The van der Waals surface area contributed by atoms with Gasteiger partial charge >= 0.3 is 0 Å². The van der Waals surface area contributed by atoms with E-state index in [4.69, 9.17) is 9.68 Å². The molecule has 0 unspecified atom stereocenters. The van der Waals surface area contributed by atoms with Crippen molar-refractivity contribution in [1.82, 2.24) is 5.32 Å². The SMILES string of the molecule is CC(=O)NC1CCN(c2ccccc2NC(=O)c2occc2C#N)CC1. The molecule has 1 fully saturated rings. The van der Waals surface area contributed by atoms with Gasteiger partial charge in [-0.1, -0.05) is 12.1 Å². The highest BCUT2D eigenvalue weighted by atomic mass is 16.3. The number of nitriles is 1. The maximum atomic E-state index is 12.4. The predicted octanol–water partition coefficient (Wildman–Crippen LogP) is 2.51. The molecule has 0 aliphatic carbocycles. The highest BCUT2D eigenvalue weighted by Gasteiger charge is 2.23. The smallest absolute Gasteiger partial charge is 0.292 e. The van der Waals surface area contributed by atoms with E-state index < -0.39 is 5.91 Å². The van der Waals surface area contributed by atoms with Crippen LogP contribution in [0.15, 0.2) is 41.0 Å². The van der Waals surface area contributed by atoms with Gasteiger partial charge in [-0.05, 0) is 31.0 Å². The number of benzene rings is 1. The summed E-state index contributed by atoms with van der Waals surface area (Å²) in [6.07, 6.45) is 3.02. The van der Waals surface area contributed by atoms with Gasteiger partial charge in [0.1, 0.15) is 11.6 Å². The Balaban J connectivity index is 1.72. The Bertz CT molecular complexity index is 844. The number of hydrogen-bond donors (Lipinski definition) is 2. The van der Waals surface area contributed by atoms with Gasteiger partial charge in [0.2, 0.25) is 11.7 Å². The standard InChI is InChI=1S/C19H20N4O3/c1-13(24)21-15-6-9-23(10-7-15)17-5-3-2-4-16(17)22-19(25)18-14(12-20)8-11-26-18/h2-5,8,11,15H,6-7,9-10H2,1H3,(H,21,24)(H,22,25). The Morgan fingerprint density at radius 1 is 1.23 bits per heavy atom. The highest BCUT2D eigenvalue weighted by Crippen LogP contribution is 2.29. The fourth-order valence-electron chi connectivity index (χ4n) is 3.16. The number of carbonyl (C=O) groups is 2. The summed E-state index contributed by atoms with van der Waals surface area (Å²) in [5.41, 5.74) is 1.78. The van der Waals surface area contributed by atoms with Crippen LogP contribution in [-0.2, 0) is 4.79 Å². The average molecular weight is 352 g/mol. The van der Waals surface area contributed by atoms with Crippen molar-refractivity contribution in [2.75, 3.05) is 23.3 Å². The minimum Gasteiger partial charge on any atom is -0.458 e. The number of hydrogen-bond acceptors (Lipinski definition) is 5. The average Bonchev–Trinajstić information content (AvgIpc) is 3.11.